The van der Waals surface area contributed by atoms with E-state index in [1.807, 2.05) is 4.68 Å². The van der Waals surface area contributed by atoms with Crippen LogP contribution in [0.1, 0.15) is 57.1 Å². The van der Waals surface area contributed by atoms with E-state index in [-0.39, 0.29) is 48.5 Å². The first-order valence-corrected chi connectivity index (χ1v) is 9.66. The van der Waals surface area contributed by atoms with Gasteiger partial charge in [0.1, 0.15) is 0 Å². The van der Waals surface area contributed by atoms with Crippen molar-refractivity contribution in [2.75, 3.05) is 32.7 Å². The molecular formula is C18H34Cl2N6O2. The maximum atomic E-state index is 12.5. The molecule has 8 nitrogen and oxygen atoms in total. The highest BCUT2D eigenvalue weighted by Crippen LogP contribution is 2.21. The Kier molecular flexibility index (Phi) is 9.62. The van der Waals surface area contributed by atoms with Crippen molar-refractivity contribution in [1.29, 1.82) is 0 Å². The third-order valence-electron chi connectivity index (χ3n) is 5.38. The maximum Gasteiger partial charge on any atom is 0.273 e. The molecule has 10 heteroatoms. The molecule has 0 aliphatic carbocycles. The molecule has 0 saturated carbocycles. The van der Waals surface area contributed by atoms with Crippen molar-refractivity contribution in [3.8, 4) is 0 Å². The van der Waals surface area contributed by atoms with Gasteiger partial charge in [-0.3, -0.25) is 9.69 Å². The molecule has 1 amide bonds. The van der Waals surface area contributed by atoms with Crippen LogP contribution >= 0.6 is 24.8 Å². The van der Waals surface area contributed by atoms with Gasteiger partial charge in [0.25, 0.3) is 5.91 Å². The molecule has 2 unspecified atom stereocenters. The summed E-state index contributed by atoms with van der Waals surface area (Å²) in [6, 6.07) is 0.332. The predicted octanol–water partition coefficient (Wildman–Crippen LogP) is 1.66. The second-order valence-corrected chi connectivity index (χ2v) is 8.22. The van der Waals surface area contributed by atoms with Gasteiger partial charge in [-0.1, -0.05) is 5.21 Å². The van der Waals surface area contributed by atoms with E-state index in [2.05, 4.69) is 53.5 Å². The van der Waals surface area contributed by atoms with E-state index in [1.165, 1.54) is 0 Å². The molecule has 2 atom stereocenters. The van der Waals surface area contributed by atoms with E-state index < -0.39 is 0 Å². The second-order valence-electron chi connectivity index (χ2n) is 8.22. The van der Waals surface area contributed by atoms with Crippen molar-refractivity contribution in [2.24, 2.45) is 0 Å². The number of nitrogens with zero attached hydrogens (tertiary/aromatic N) is 4. The van der Waals surface area contributed by atoms with Crippen LogP contribution in [-0.2, 0) is 4.74 Å². The van der Waals surface area contributed by atoms with Crippen LogP contribution < -0.4 is 10.6 Å². The van der Waals surface area contributed by atoms with Gasteiger partial charge in [-0.2, -0.15) is 0 Å². The van der Waals surface area contributed by atoms with Crippen molar-refractivity contribution in [1.82, 2.24) is 30.5 Å². The minimum Gasteiger partial charge on any atom is -0.373 e. The number of amides is 1. The topological polar surface area (TPSA) is 84.3 Å². The number of morpholine rings is 1. The molecule has 0 spiro atoms. The van der Waals surface area contributed by atoms with Gasteiger partial charge >= 0.3 is 0 Å². The first-order chi connectivity index (χ1) is 12.3. The highest BCUT2D eigenvalue weighted by atomic mass is 35.5. The fourth-order valence-electron chi connectivity index (χ4n) is 3.80. The van der Waals surface area contributed by atoms with Gasteiger partial charge in [0, 0.05) is 25.2 Å². The van der Waals surface area contributed by atoms with E-state index in [0.29, 0.717) is 18.3 Å². The standard InChI is InChI=1S/C18H32N6O2.2ClH/c1-13-9-23(10-14(2)26-13)18(3,4)12-20-17(25)16-11-24(22-21-16)15-5-7-19-8-6-15;;/h11,13-15,19H,5-10,12H2,1-4H3,(H,20,25);2*1H. The first kappa shape index (κ1) is 25.1. The SMILES string of the molecule is CC1CN(C(C)(C)CNC(=O)c2cn(C3CCNCC3)nn2)CC(C)O1.Cl.Cl. The predicted molar refractivity (Wildman–Crippen MR) is 114 cm³/mol. The van der Waals surface area contributed by atoms with Gasteiger partial charge in [0.15, 0.2) is 5.69 Å². The Morgan fingerprint density at radius 2 is 1.86 bits per heavy atom. The summed E-state index contributed by atoms with van der Waals surface area (Å²) in [4.78, 5) is 14.9. The van der Waals surface area contributed by atoms with Gasteiger partial charge in [-0.25, -0.2) is 4.68 Å². The van der Waals surface area contributed by atoms with Crippen LogP contribution in [0.4, 0.5) is 0 Å². The summed E-state index contributed by atoms with van der Waals surface area (Å²) in [5, 5.41) is 14.6. The number of halogens is 2. The Bertz CT molecular complexity index is 611. The number of hydrogen-bond donors (Lipinski definition) is 2. The first-order valence-electron chi connectivity index (χ1n) is 9.66. The van der Waals surface area contributed by atoms with E-state index in [9.17, 15) is 4.79 Å². The molecule has 2 aliphatic heterocycles. The minimum atomic E-state index is -0.160. The molecule has 3 heterocycles. The Balaban J connectivity index is 0.00000196. The van der Waals surface area contributed by atoms with Crippen LogP contribution in [0, 0.1) is 0 Å². The lowest BCUT2D eigenvalue weighted by molar-refractivity contribution is -0.0948. The van der Waals surface area contributed by atoms with Crippen molar-refractivity contribution in [3.05, 3.63) is 11.9 Å². The summed E-state index contributed by atoms with van der Waals surface area (Å²) >= 11 is 0. The summed E-state index contributed by atoms with van der Waals surface area (Å²) in [6.07, 6.45) is 4.23. The third kappa shape index (κ3) is 6.29. The van der Waals surface area contributed by atoms with Gasteiger partial charge in [0.05, 0.1) is 24.4 Å². The Labute approximate surface area is 179 Å². The number of rotatable bonds is 5. The molecule has 1 aromatic heterocycles. The van der Waals surface area contributed by atoms with Crippen LogP contribution in [0.5, 0.6) is 0 Å². The zero-order valence-corrected chi connectivity index (χ0v) is 18.8. The van der Waals surface area contributed by atoms with E-state index >= 15 is 0 Å². The van der Waals surface area contributed by atoms with Crippen LogP contribution in [0.2, 0.25) is 0 Å². The summed E-state index contributed by atoms with van der Waals surface area (Å²) in [7, 11) is 0. The highest BCUT2D eigenvalue weighted by molar-refractivity contribution is 5.91. The smallest absolute Gasteiger partial charge is 0.273 e. The fourth-order valence-corrected chi connectivity index (χ4v) is 3.80. The van der Waals surface area contributed by atoms with Crippen molar-refractivity contribution < 1.29 is 9.53 Å². The van der Waals surface area contributed by atoms with Crippen LogP contribution in [-0.4, -0.2) is 76.3 Å². The molecule has 2 saturated heterocycles. The summed E-state index contributed by atoms with van der Waals surface area (Å²) < 4.78 is 7.65. The number of carbonyl (C=O) groups excluding carboxylic acids is 1. The van der Waals surface area contributed by atoms with Gasteiger partial charge in [-0.05, 0) is 53.6 Å². The van der Waals surface area contributed by atoms with Gasteiger partial charge < -0.3 is 15.4 Å². The number of hydrogen-bond acceptors (Lipinski definition) is 6. The molecule has 0 aromatic carbocycles. The average Bonchev–Trinajstić information content (AvgIpc) is 3.10. The van der Waals surface area contributed by atoms with Crippen molar-refractivity contribution >= 4 is 30.7 Å². The van der Waals surface area contributed by atoms with E-state index in [0.717, 1.165) is 39.0 Å². The lowest BCUT2D eigenvalue weighted by Crippen LogP contribution is -2.58. The molecule has 162 valence electrons. The molecule has 1 aromatic rings. The van der Waals surface area contributed by atoms with Gasteiger partial charge in [-0.15, -0.1) is 29.9 Å². The number of nitrogens with one attached hydrogen (secondary N) is 2. The minimum absolute atomic E-state index is 0. The quantitative estimate of drug-likeness (QED) is 0.729. The number of aromatic nitrogens is 3. The van der Waals surface area contributed by atoms with E-state index in [4.69, 9.17) is 4.74 Å². The molecule has 3 rings (SSSR count). The lowest BCUT2D eigenvalue weighted by atomic mass is 10.00. The normalized spacial score (nSPS) is 24.1. The Morgan fingerprint density at radius 3 is 2.46 bits per heavy atom. The molecular weight excluding hydrogens is 403 g/mol. The second kappa shape index (κ2) is 10.7. The Morgan fingerprint density at radius 1 is 1.25 bits per heavy atom. The number of carbonyl (C=O) groups is 1. The fraction of sp³-hybridized carbons (Fsp3) is 0.833. The van der Waals surface area contributed by atoms with E-state index in [1.54, 1.807) is 6.20 Å². The number of ether oxygens (including phenoxy) is 1. The van der Waals surface area contributed by atoms with Crippen LogP contribution in [0.3, 0.4) is 0 Å². The lowest BCUT2D eigenvalue weighted by Gasteiger charge is -2.45. The maximum absolute atomic E-state index is 12.5. The molecule has 0 bridgehead atoms. The molecule has 2 N–H and O–H groups in total. The van der Waals surface area contributed by atoms with Crippen LogP contribution in [0.15, 0.2) is 6.20 Å². The third-order valence-corrected chi connectivity index (χ3v) is 5.38. The largest absolute Gasteiger partial charge is 0.373 e. The monoisotopic (exact) mass is 436 g/mol. The van der Waals surface area contributed by atoms with Crippen molar-refractivity contribution in [3.63, 3.8) is 0 Å². The summed E-state index contributed by atoms with van der Waals surface area (Å²) in [6.45, 7) is 12.8. The molecule has 28 heavy (non-hydrogen) atoms. The summed E-state index contributed by atoms with van der Waals surface area (Å²) in [5.74, 6) is -0.160. The molecule has 2 fully saturated rings. The van der Waals surface area contributed by atoms with Gasteiger partial charge in [0.2, 0.25) is 0 Å². The zero-order valence-electron chi connectivity index (χ0n) is 17.2. The highest BCUT2D eigenvalue weighted by Gasteiger charge is 2.33. The molecule has 0 radical (unpaired) electrons. The summed E-state index contributed by atoms with van der Waals surface area (Å²) in [5.41, 5.74) is 0.246. The van der Waals surface area contributed by atoms with Crippen LogP contribution in [0.25, 0.3) is 0 Å². The molecule has 2 aliphatic rings. The number of piperidine rings is 1. The Hall–Kier alpha value is -0.930. The average molecular weight is 437 g/mol. The van der Waals surface area contributed by atoms with Crippen molar-refractivity contribution in [2.45, 2.75) is 64.3 Å². The zero-order chi connectivity index (χ0) is 18.7.